The van der Waals surface area contributed by atoms with Crippen LogP contribution in [0.25, 0.3) is 0 Å². The van der Waals surface area contributed by atoms with Crippen molar-refractivity contribution in [2.75, 3.05) is 13.7 Å². The summed E-state index contributed by atoms with van der Waals surface area (Å²) in [5, 5.41) is 10.3. The van der Waals surface area contributed by atoms with Crippen LogP contribution in [0.4, 0.5) is 0 Å². The van der Waals surface area contributed by atoms with Crippen LogP contribution in [-0.2, 0) is 14.3 Å². The second kappa shape index (κ2) is 7.38. The molecule has 1 unspecified atom stereocenters. The fourth-order valence-corrected chi connectivity index (χ4v) is 2.81. The number of methoxy groups -OCH3 is 1. The van der Waals surface area contributed by atoms with Crippen LogP contribution < -0.4 is 0 Å². The van der Waals surface area contributed by atoms with E-state index in [2.05, 4.69) is 11.6 Å². The zero-order valence-electron chi connectivity index (χ0n) is 13.8. The molecule has 0 bridgehead atoms. The van der Waals surface area contributed by atoms with Crippen molar-refractivity contribution in [1.29, 1.82) is 0 Å². The Morgan fingerprint density at radius 2 is 2.18 bits per heavy atom. The van der Waals surface area contributed by atoms with Crippen molar-refractivity contribution in [1.82, 2.24) is 0 Å². The number of aliphatic hydroxyl groups excluding tert-OH is 1. The Kier molecular flexibility index (Phi) is 6.09. The number of ketones is 1. The molecule has 1 aliphatic carbocycles. The van der Waals surface area contributed by atoms with Crippen LogP contribution in [0, 0.1) is 11.3 Å². The molecule has 0 radical (unpaired) electrons. The van der Waals surface area contributed by atoms with Gasteiger partial charge in [-0.25, -0.2) is 0 Å². The maximum absolute atomic E-state index is 12.5. The number of rotatable bonds is 5. The minimum Gasteiger partial charge on any atom is -0.511 e. The normalized spacial score (nSPS) is 25.0. The van der Waals surface area contributed by atoms with Crippen molar-refractivity contribution in [3.63, 3.8) is 0 Å². The topological polar surface area (TPSA) is 76.0 Å². The minimum atomic E-state index is -0.677. The van der Waals surface area contributed by atoms with Gasteiger partial charge in [0.05, 0.1) is 24.9 Å². The number of Topliss-reactive ketones (excluding diaryl/α,β-unsaturated/α-hetero) is 1. The summed E-state index contributed by atoms with van der Waals surface area (Å²) in [5.41, 5.74) is -0.113. The van der Waals surface area contributed by atoms with E-state index in [1.165, 1.54) is 7.11 Å². The van der Waals surface area contributed by atoms with E-state index in [0.717, 1.165) is 0 Å². The van der Waals surface area contributed by atoms with Gasteiger partial charge in [0.2, 0.25) is 0 Å². The van der Waals surface area contributed by atoms with Crippen molar-refractivity contribution in [3.8, 4) is 0 Å². The lowest BCUT2D eigenvalue weighted by molar-refractivity contribution is -0.147. The highest BCUT2D eigenvalue weighted by Crippen LogP contribution is 2.41. The number of carbonyl (C=O) groups is 2. The monoisotopic (exact) mass is 307 g/mol. The predicted octanol–water partition coefficient (Wildman–Crippen LogP) is 3.01. The molecule has 1 fully saturated rings. The molecule has 1 atom stereocenters. The summed E-state index contributed by atoms with van der Waals surface area (Å²) in [5.74, 6) is -1.30. The van der Waals surface area contributed by atoms with Crippen molar-refractivity contribution in [2.45, 2.75) is 40.0 Å². The number of nitrogens with zero attached hydrogens (tertiary/aromatic N) is 1. The second-order valence-corrected chi connectivity index (χ2v) is 6.13. The standard InChI is InChI=1S/C17H25NO4/c1-6-8-11(19)13-12(20)10-17(3,4)14(16(21)22-5)15(13)18-9-7-2/h7,14,19H,2,6,8-10H2,1,3-5H3. The van der Waals surface area contributed by atoms with E-state index in [1.807, 2.05) is 20.8 Å². The minimum absolute atomic E-state index is 0.000264. The van der Waals surface area contributed by atoms with Gasteiger partial charge in [0.15, 0.2) is 5.78 Å². The molecule has 0 saturated heterocycles. The summed E-state index contributed by atoms with van der Waals surface area (Å²) in [6, 6.07) is 0. The molecule has 0 amide bonds. The number of esters is 1. The van der Waals surface area contributed by atoms with Crippen molar-refractivity contribution >= 4 is 17.5 Å². The third-order valence-corrected chi connectivity index (χ3v) is 3.81. The van der Waals surface area contributed by atoms with Crippen molar-refractivity contribution in [3.05, 3.63) is 24.0 Å². The molecule has 122 valence electrons. The SMILES string of the molecule is C=CCN=C1C(=C(O)CCC)C(=O)CC(C)(C)C1C(=O)OC. The van der Waals surface area contributed by atoms with Crippen LogP contribution in [0.15, 0.2) is 29.0 Å². The summed E-state index contributed by atoms with van der Waals surface area (Å²) in [6.45, 7) is 9.47. The Morgan fingerprint density at radius 1 is 1.55 bits per heavy atom. The zero-order chi connectivity index (χ0) is 16.9. The van der Waals surface area contributed by atoms with Crippen LogP contribution in [0.3, 0.4) is 0 Å². The van der Waals surface area contributed by atoms with E-state index in [0.29, 0.717) is 18.6 Å². The van der Waals surface area contributed by atoms with E-state index in [-0.39, 0.29) is 30.1 Å². The third-order valence-electron chi connectivity index (χ3n) is 3.81. The molecular formula is C17H25NO4. The fraction of sp³-hybridized carbons (Fsp3) is 0.588. The fourth-order valence-electron chi connectivity index (χ4n) is 2.81. The number of aliphatic hydroxyl groups is 1. The summed E-state index contributed by atoms with van der Waals surface area (Å²) in [7, 11) is 1.31. The Labute approximate surface area is 131 Å². The summed E-state index contributed by atoms with van der Waals surface area (Å²) in [6.07, 6.45) is 2.83. The van der Waals surface area contributed by atoms with E-state index in [1.54, 1.807) is 6.08 Å². The molecule has 1 saturated carbocycles. The van der Waals surface area contributed by atoms with Crippen LogP contribution in [0.2, 0.25) is 0 Å². The maximum Gasteiger partial charge on any atom is 0.315 e. The lowest BCUT2D eigenvalue weighted by Crippen LogP contribution is -2.46. The van der Waals surface area contributed by atoms with Gasteiger partial charge in [0.1, 0.15) is 11.7 Å². The quantitative estimate of drug-likeness (QED) is 0.366. The maximum atomic E-state index is 12.5. The molecule has 5 nitrogen and oxygen atoms in total. The smallest absolute Gasteiger partial charge is 0.315 e. The van der Waals surface area contributed by atoms with Gasteiger partial charge in [-0.2, -0.15) is 0 Å². The van der Waals surface area contributed by atoms with E-state index in [9.17, 15) is 14.7 Å². The molecular weight excluding hydrogens is 282 g/mol. The second-order valence-electron chi connectivity index (χ2n) is 6.13. The first kappa shape index (κ1) is 18.1. The highest BCUT2D eigenvalue weighted by molar-refractivity contribution is 6.29. The number of ether oxygens (including phenoxy) is 1. The van der Waals surface area contributed by atoms with Gasteiger partial charge < -0.3 is 9.84 Å². The van der Waals surface area contributed by atoms with Gasteiger partial charge >= 0.3 is 5.97 Å². The highest BCUT2D eigenvalue weighted by Gasteiger charge is 2.48. The summed E-state index contributed by atoms with van der Waals surface area (Å²) in [4.78, 5) is 29.1. The molecule has 0 aliphatic heterocycles. The van der Waals surface area contributed by atoms with Crippen LogP contribution in [0.5, 0.6) is 0 Å². The van der Waals surface area contributed by atoms with Crippen molar-refractivity contribution < 1.29 is 19.4 Å². The summed E-state index contributed by atoms with van der Waals surface area (Å²) >= 11 is 0. The van der Waals surface area contributed by atoms with E-state index in [4.69, 9.17) is 4.74 Å². The van der Waals surface area contributed by atoms with Gasteiger partial charge in [-0.05, 0) is 11.8 Å². The molecule has 1 aliphatic rings. The van der Waals surface area contributed by atoms with Gasteiger partial charge in [-0.1, -0.05) is 26.8 Å². The molecule has 1 N–H and O–H groups in total. The molecule has 0 aromatic heterocycles. The predicted molar refractivity (Wildman–Crippen MR) is 86.0 cm³/mol. The lowest BCUT2D eigenvalue weighted by Gasteiger charge is -2.38. The number of hydrogen-bond acceptors (Lipinski definition) is 5. The molecule has 5 heteroatoms. The first-order valence-corrected chi connectivity index (χ1v) is 7.48. The third kappa shape index (κ3) is 3.64. The first-order chi connectivity index (χ1) is 10.3. The van der Waals surface area contributed by atoms with Crippen LogP contribution >= 0.6 is 0 Å². The van der Waals surface area contributed by atoms with Gasteiger partial charge in [0.25, 0.3) is 0 Å². The number of aliphatic imine (C=N–C) groups is 1. The largest absolute Gasteiger partial charge is 0.511 e. The molecule has 22 heavy (non-hydrogen) atoms. The highest BCUT2D eigenvalue weighted by atomic mass is 16.5. The summed E-state index contributed by atoms with van der Waals surface area (Å²) < 4.78 is 4.90. The molecule has 0 aromatic rings. The average Bonchev–Trinajstić information content (AvgIpc) is 2.43. The van der Waals surface area contributed by atoms with Crippen LogP contribution in [-0.4, -0.2) is 36.2 Å². The molecule has 0 aromatic carbocycles. The Balaban J connectivity index is 3.51. The van der Waals surface area contributed by atoms with E-state index >= 15 is 0 Å². The number of hydrogen-bond donors (Lipinski definition) is 1. The Bertz CT molecular complexity index is 529. The van der Waals surface area contributed by atoms with Crippen LogP contribution in [0.1, 0.15) is 40.0 Å². The Hall–Kier alpha value is -1.91. The number of carbonyl (C=O) groups excluding carboxylic acids is 2. The van der Waals surface area contributed by atoms with E-state index < -0.39 is 17.3 Å². The van der Waals surface area contributed by atoms with Gasteiger partial charge in [0, 0.05) is 12.8 Å². The molecule has 0 spiro atoms. The zero-order valence-corrected chi connectivity index (χ0v) is 13.8. The Morgan fingerprint density at radius 3 is 2.68 bits per heavy atom. The first-order valence-electron chi connectivity index (χ1n) is 7.48. The number of allylic oxidation sites excluding steroid dienone is 2. The molecule has 0 heterocycles. The van der Waals surface area contributed by atoms with Gasteiger partial charge in [-0.15, -0.1) is 6.58 Å². The molecule has 1 rings (SSSR count). The average molecular weight is 307 g/mol. The lowest BCUT2D eigenvalue weighted by atomic mass is 9.65. The van der Waals surface area contributed by atoms with Gasteiger partial charge in [-0.3, -0.25) is 14.6 Å². The van der Waals surface area contributed by atoms with Crippen molar-refractivity contribution in [2.24, 2.45) is 16.3 Å².